The fourth-order valence-corrected chi connectivity index (χ4v) is 2.14. The summed E-state index contributed by atoms with van der Waals surface area (Å²) >= 11 is 0. The van der Waals surface area contributed by atoms with Gasteiger partial charge in [-0.15, -0.1) is 0 Å². The highest BCUT2D eigenvalue weighted by atomic mass is 15.3. The number of unbranched alkanes of at least 4 members (excludes halogenated alkanes) is 5. The number of hydrogen-bond donors (Lipinski definition) is 3. The number of hydrazine groups is 1. The largest absolute Gasteiger partial charge is 0.370 e. The number of anilines is 2. The monoisotopic (exact) mass is 265 g/mol. The molecule has 0 aliphatic heterocycles. The molecule has 5 nitrogen and oxygen atoms in total. The van der Waals surface area contributed by atoms with Gasteiger partial charge in [-0.25, -0.2) is 15.8 Å². The second-order valence-electron chi connectivity index (χ2n) is 4.74. The van der Waals surface area contributed by atoms with Crippen molar-refractivity contribution >= 4 is 11.6 Å². The van der Waals surface area contributed by atoms with Crippen LogP contribution < -0.4 is 16.6 Å². The second kappa shape index (κ2) is 9.55. The molecule has 0 amide bonds. The van der Waals surface area contributed by atoms with E-state index < -0.39 is 0 Å². The summed E-state index contributed by atoms with van der Waals surface area (Å²) in [6.45, 7) is 5.28. The quantitative estimate of drug-likeness (QED) is 0.344. The Morgan fingerprint density at radius 1 is 1.00 bits per heavy atom. The molecule has 5 heteroatoms. The number of rotatable bonds is 10. The van der Waals surface area contributed by atoms with Crippen molar-refractivity contribution in [1.82, 2.24) is 9.97 Å². The first kappa shape index (κ1) is 15.7. The van der Waals surface area contributed by atoms with Crippen LogP contribution in [0.2, 0.25) is 0 Å². The topological polar surface area (TPSA) is 75.9 Å². The highest BCUT2D eigenvalue weighted by molar-refractivity contribution is 5.56. The van der Waals surface area contributed by atoms with Crippen molar-refractivity contribution in [2.24, 2.45) is 5.84 Å². The van der Waals surface area contributed by atoms with E-state index in [0.29, 0.717) is 5.82 Å². The molecule has 0 spiro atoms. The van der Waals surface area contributed by atoms with Gasteiger partial charge in [0.25, 0.3) is 0 Å². The van der Waals surface area contributed by atoms with Crippen molar-refractivity contribution < 1.29 is 0 Å². The van der Waals surface area contributed by atoms with Gasteiger partial charge in [0.1, 0.15) is 18.0 Å². The Morgan fingerprint density at radius 3 is 2.37 bits per heavy atom. The first-order valence-electron chi connectivity index (χ1n) is 7.37. The van der Waals surface area contributed by atoms with Gasteiger partial charge in [0.2, 0.25) is 0 Å². The van der Waals surface area contributed by atoms with Gasteiger partial charge in [0.05, 0.1) is 0 Å². The zero-order valence-corrected chi connectivity index (χ0v) is 12.2. The van der Waals surface area contributed by atoms with E-state index in [1.54, 1.807) is 0 Å². The zero-order valence-electron chi connectivity index (χ0n) is 12.2. The van der Waals surface area contributed by atoms with Crippen molar-refractivity contribution in [3.63, 3.8) is 0 Å². The van der Waals surface area contributed by atoms with Crippen molar-refractivity contribution in [3.8, 4) is 0 Å². The third-order valence-electron chi connectivity index (χ3n) is 3.26. The fourth-order valence-electron chi connectivity index (χ4n) is 2.14. The van der Waals surface area contributed by atoms with Crippen LogP contribution in [0.25, 0.3) is 0 Å². The van der Waals surface area contributed by atoms with E-state index in [2.05, 4.69) is 34.6 Å². The van der Waals surface area contributed by atoms with Gasteiger partial charge in [-0.1, -0.05) is 46.0 Å². The molecule has 108 valence electrons. The number of aromatic nitrogens is 2. The summed E-state index contributed by atoms with van der Waals surface area (Å²) in [5.74, 6) is 7.06. The maximum absolute atomic E-state index is 5.45. The molecule has 0 aliphatic rings. The molecule has 0 bridgehead atoms. The SMILES string of the molecule is CCCCCCCCNc1ncnc(NN)c1CC. The molecule has 1 aromatic rings. The maximum Gasteiger partial charge on any atom is 0.148 e. The Kier molecular flexibility index (Phi) is 7.89. The molecule has 0 radical (unpaired) electrons. The molecule has 0 atom stereocenters. The summed E-state index contributed by atoms with van der Waals surface area (Å²) in [5.41, 5.74) is 3.67. The van der Waals surface area contributed by atoms with E-state index in [9.17, 15) is 0 Å². The van der Waals surface area contributed by atoms with Gasteiger partial charge in [0, 0.05) is 12.1 Å². The summed E-state index contributed by atoms with van der Waals surface area (Å²) in [7, 11) is 0. The van der Waals surface area contributed by atoms with E-state index in [1.165, 1.54) is 44.9 Å². The third kappa shape index (κ3) is 5.42. The Labute approximate surface area is 116 Å². The predicted molar refractivity (Wildman–Crippen MR) is 81.1 cm³/mol. The Balaban J connectivity index is 2.33. The van der Waals surface area contributed by atoms with Crippen molar-refractivity contribution in [1.29, 1.82) is 0 Å². The van der Waals surface area contributed by atoms with Crippen molar-refractivity contribution in [3.05, 3.63) is 11.9 Å². The molecule has 1 heterocycles. The fraction of sp³-hybridized carbons (Fsp3) is 0.714. The van der Waals surface area contributed by atoms with E-state index in [0.717, 1.165) is 24.3 Å². The number of nitrogen functional groups attached to an aromatic ring is 1. The van der Waals surface area contributed by atoms with Gasteiger partial charge < -0.3 is 10.7 Å². The molecule has 0 fully saturated rings. The Hall–Kier alpha value is -1.36. The zero-order chi connectivity index (χ0) is 13.9. The molecule has 0 aliphatic carbocycles. The number of nitrogens with two attached hydrogens (primary N) is 1. The lowest BCUT2D eigenvalue weighted by Gasteiger charge is -2.12. The summed E-state index contributed by atoms with van der Waals surface area (Å²) in [6, 6.07) is 0. The van der Waals surface area contributed by atoms with Crippen molar-refractivity contribution in [2.45, 2.75) is 58.8 Å². The molecule has 19 heavy (non-hydrogen) atoms. The summed E-state index contributed by atoms with van der Waals surface area (Å²) < 4.78 is 0. The highest BCUT2D eigenvalue weighted by Crippen LogP contribution is 2.19. The third-order valence-corrected chi connectivity index (χ3v) is 3.26. The lowest BCUT2D eigenvalue weighted by molar-refractivity contribution is 0.616. The van der Waals surface area contributed by atoms with Crippen LogP contribution in [0.1, 0.15) is 57.9 Å². The second-order valence-corrected chi connectivity index (χ2v) is 4.74. The molecular formula is C14H27N5. The van der Waals surface area contributed by atoms with Crippen LogP contribution in [0.4, 0.5) is 11.6 Å². The van der Waals surface area contributed by atoms with Gasteiger partial charge in [0.15, 0.2) is 0 Å². The minimum atomic E-state index is 0.711. The molecule has 1 aromatic heterocycles. The van der Waals surface area contributed by atoms with Gasteiger partial charge in [-0.2, -0.15) is 0 Å². The molecule has 0 saturated carbocycles. The first-order valence-corrected chi connectivity index (χ1v) is 7.37. The number of nitrogens with one attached hydrogen (secondary N) is 2. The normalized spacial score (nSPS) is 10.5. The highest BCUT2D eigenvalue weighted by Gasteiger charge is 2.07. The number of nitrogens with zero attached hydrogens (tertiary/aromatic N) is 2. The molecule has 4 N–H and O–H groups in total. The minimum Gasteiger partial charge on any atom is -0.370 e. The van der Waals surface area contributed by atoms with Gasteiger partial charge >= 0.3 is 0 Å². The summed E-state index contributed by atoms with van der Waals surface area (Å²) in [5, 5.41) is 3.38. The molecular weight excluding hydrogens is 238 g/mol. The minimum absolute atomic E-state index is 0.711. The smallest absolute Gasteiger partial charge is 0.148 e. The van der Waals surface area contributed by atoms with Gasteiger partial charge in [-0.05, 0) is 12.8 Å². The van der Waals surface area contributed by atoms with Crippen LogP contribution in [-0.4, -0.2) is 16.5 Å². The average Bonchev–Trinajstić information content (AvgIpc) is 2.45. The van der Waals surface area contributed by atoms with Crippen LogP contribution >= 0.6 is 0 Å². The van der Waals surface area contributed by atoms with Crippen LogP contribution in [0.3, 0.4) is 0 Å². The van der Waals surface area contributed by atoms with Crippen LogP contribution in [0, 0.1) is 0 Å². The van der Waals surface area contributed by atoms with Crippen LogP contribution in [0.15, 0.2) is 6.33 Å². The number of hydrogen-bond acceptors (Lipinski definition) is 5. The van der Waals surface area contributed by atoms with E-state index in [1.807, 2.05) is 0 Å². The average molecular weight is 265 g/mol. The summed E-state index contributed by atoms with van der Waals surface area (Å²) in [6.07, 6.45) is 10.2. The Morgan fingerprint density at radius 2 is 1.68 bits per heavy atom. The lowest BCUT2D eigenvalue weighted by Crippen LogP contribution is -2.14. The van der Waals surface area contributed by atoms with E-state index in [-0.39, 0.29) is 0 Å². The summed E-state index contributed by atoms with van der Waals surface area (Å²) in [4.78, 5) is 8.41. The van der Waals surface area contributed by atoms with Crippen molar-refractivity contribution in [2.75, 3.05) is 17.3 Å². The van der Waals surface area contributed by atoms with E-state index >= 15 is 0 Å². The van der Waals surface area contributed by atoms with Gasteiger partial charge in [-0.3, -0.25) is 0 Å². The Bertz CT molecular complexity index is 354. The standard InChI is InChI=1S/C14H27N5/c1-3-5-6-7-8-9-10-16-13-12(4-2)14(19-15)18-11-17-13/h11H,3-10,15H2,1-2H3,(H2,16,17,18,19). The first-order chi connectivity index (χ1) is 9.33. The van der Waals surface area contributed by atoms with E-state index in [4.69, 9.17) is 5.84 Å². The molecule has 0 saturated heterocycles. The molecule has 1 rings (SSSR count). The maximum atomic E-state index is 5.45. The lowest BCUT2D eigenvalue weighted by atomic mass is 10.1. The predicted octanol–water partition coefficient (Wildman–Crippen LogP) is 3.10. The molecule has 0 unspecified atom stereocenters. The molecule has 0 aromatic carbocycles. The van der Waals surface area contributed by atoms with Crippen LogP contribution in [0.5, 0.6) is 0 Å². The van der Waals surface area contributed by atoms with Crippen LogP contribution in [-0.2, 0) is 6.42 Å².